The van der Waals surface area contributed by atoms with Crippen LogP contribution in [-0.2, 0) is 6.54 Å². The maximum absolute atomic E-state index is 9.10. The molecule has 106 valence electrons. The van der Waals surface area contributed by atoms with Gasteiger partial charge in [0.2, 0.25) is 11.7 Å². The van der Waals surface area contributed by atoms with Gasteiger partial charge in [-0.15, -0.1) is 0 Å². The van der Waals surface area contributed by atoms with Gasteiger partial charge in [-0.1, -0.05) is 29.4 Å². The summed E-state index contributed by atoms with van der Waals surface area (Å²) in [6, 6.07) is 8.57. The first-order valence-corrected chi connectivity index (χ1v) is 7.01. The lowest BCUT2D eigenvalue weighted by molar-refractivity contribution is 0.167. The Labute approximate surface area is 118 Å². The molecule has 0 unspecified atom stereocenters. The number of aliphatic hydroxyl groups excluding tert-OH is 1. The molecule has 0 bridgehead atoms. The summed E-state index contributed by atoms with van der Waals surface area (Å²) in [5, 5.41) is 13.2. The average molecular weight is 273 g/mol. The predicted molar refractivity (Wildman–Crippen MR) is 75.0 cm³/mol. The van der Waals surface area contributed by atoms with Gasteiger partial charge < -0.3 is 9.63 Å². The minimum Gasteiger partial charge on any atom is -0.395 e. The van der Waals surface area contributed by atoms with Crippen LogP contribution in [0.2, 0.25) is 0 Å². The lowest BCUT2D eigenvalue weighted by Crippen LogP contribution is -2.28. The van der Waals surface area contributed by atoms with Gasteiger partial charge in [0.1, 0.15) is 0 Å². The first-order valence-electron chi connectivity index (χ1n) is 7.01. The largest absolute Gasteiger partial charge is 0.395 e. The van der Waals surface area contributed by atoms with Crippen LogP contribution in [-0.4, -0.2) is 39.3 Å². The van der Waals surface area contributed by atoms with Gasteiger partial charge in [-0.05, 0) is 25.3 Å². The summed E-state index contributed by atoms with van der Waals surface area (Å²) in [4.78, 5) is 6.68. The minimum absolute atomic E-state index is 0.162. The molecule has 0 radical (unpaired) electrons. The van der Waals surface area contributed by atoms with Crippen molar-refractivity contribution in [2.24, 2.45) is 0 Å². The first kappa shape index (κ1) is 13.3. The maximum atomic E-state index is 9.10. The molecule has 20 heavy (non-hydrogen) atoms. The minimum atomic E-state index is 0.162. The highest BCUT2D eigenvalue weighted by Gasteiger charge is 2.29. The number of hydrogen-bond donors (Lipinski definition) is 1. The van der Waals surface area contributed by atoms with Crippen LogP contribution in [0.15, 0.2) is 28.8 Å². The molecule has 0 amide bonds. The summed E-state index contributed by atoms with van der Waals surface area (Å²) in [6.45, 7) is 3.47. The molecule has 1 heterocycles. The van der Waals surface area contributed by atoms with Crippen molar-refractivity contribution in [1.29, 1.82) is 0 Å². The van der Waals surface area contributed by atoms with E-state index in [0.717, 1.165) is 11.1 Å². The van der Waals surface area contributed by atoms with Crippen LogP contribution in [0.1, 0.15) is 24.3 Å². The highest BCUT2D eigenvalue weighted by Crippen LogP contribution is 2.28. The number of nitrogens with zero attached hydrogens (tertiary/aromatic N) is 3. The molecule has 1 N–H and O–H groups in total. The van der Waals surface area contributed by atoms with Gasteiger partial charge in [0.05, 0.1) is 13.2 Å². The Morgan fingerprint density at radius 3 is 2.85 bits per heavy atom. The molecule has 5 nitrogen and oxygen atoms in total. The summed E-state index contributed by atoms with van der Waals surface area (Å²) in [5.74, 6) is 1.25. The molecular weight excluding hydrogens is 254 g/mol. The molecule has 1 fully saturated rings. The van der Waals surface area contributed by atoms with E-state index in [4.69, 9.17) is 9.63 Å². The molecule has 0 aliphatic heterocycles. The number of benzene rings is 1. The molecular formula is C15H19N3O2. The summed E-state index contributed by atoms with van der Waals surface area (Å²) < 4.78 is 5.34. The van der Waals surface area contributed by atoms with Crippen LogP contribution in [0, 0.1) is 6.92 Å². The Morgan fingerprint density at radius 2 is 2.15 bits per heavy atom. The molecule has 2 aromatic rings. The third-order valence-corrected chi connectivity index (χ3v) is 3.64. The van der Waals surface area contributed by atoms with Gasteiger partial charge in [0.25, 0.3) is 0 Å². The summed E-state index contributed by atoms with van der Waals surface area (Å²) >= 11 is 0. The van der Waals surface area contributed by atoms with Gasteiger partial charge in [0.15, 0.2) is 0 Å². The molecule has 0 atom stereocenters. The molecule has 0 saturated heterocycles. The SMILES string of the molecule is Cc1ccccc1-c1noc(CN(CCO)C2CC2)n1. The fourth-order valence-corrected chi connectivity index (χ4v) is 2.38. The molecule has 5 heteroatoms. The van der Waals surface area contributed by atoms with E-state index in [0.29, 0.717) is 30.8 Å². The molecule has 3 rings (SSSR count). The van der Waals surface area contributed by atoms with Gasteiger partial charge in [-0.2, -0.15) is 4.98 Å². The lowest BCUT2D eigenvalue weighted by atomic mass is 10.1. The Morgan fingerprint density at radius 1 is 1.35 bits per heavy atom. The number of hydrogen-bond acceptors (Lipinski definition) is 5. The predicted octanol–water partition coefficient (Wildman–Crippen LogP) is 2.00. The number of rotatable bonds is 6. The average Bonchev–Trinajstić information content (AvgIpc) is 3.20. The monoisotopic (exact) mass is 273 g/mol. The zero-order valence-corrected chi connectivity index (χ0v) is 11.6. The Kier molecular flexibility index (Phi) is 3.80. The number of aromatic nitrogens is 2. The van der Waals surface area contributed by atoms with Crippen LogP contribution in [0.25, 0.3) is 11.4 Å². The third kappa shape index (κ3) is 2.89. The van der Waals surface area contributed by atoms with Crippen molar-refractivity contribution < 1.29 is 9.63 Å². The van der Waals surface area contributed by atoms with E-state index in [2.05, 4.69) is 15.0 Å². The van der Waals surface area contributed by atoms with E-state index in [9.17, 15) is 0 Å². The van der Waals surface area contributed by atoms with E-state index in [1.807, 2.05) is 31.2 Å². The Bertz CT molecular complexity index is 578. The van der Waals surface area contributed by atoms with Crippen LogP contribution in [0.4, 0.5) is 0 Å². The van der Waals surface area contributed by atoms with Gasteiger partial charge >= 0.3 is 0 Å². The molecule has 1 aromatic carbocycles. The van der Waals surface area contributed by atoms with Crippen molar-refractivity contribution in [1.82, 2.24) is 15.0 Å². The third-order valence-electron chi connectivity index (χ3n) is 3.64. The first-order chi connectivity index (χ1) is 9.78. The second-order valence-electron chi connectivity index (χ2n) is 5.25. The summed E-state index contributed by atoms with van der Waals surface area (Å²) in [5.41, 5.74) is 2.14. The highest BCUT2D eigenvalue weighted by atomic mass is 16.5. The second kappa shape index (κ2) is 5.73. The van der Waals surface area contributed by atoms with Crippen LogP contribution in [0.5, 0.6) is 0 Å². The molecule has 1 aliphatic rings. The van der Waals surface area contributed by atoms with E-state index >= 15 is 0 Å². The molecule has 1 aliphatic carbocycles. The van der Waals surface area contributed by atoms with E-state index in [1.165, 1.54) is 12.8 Å². The fraction of sp³-hybridized carbons (Fsp3) is 0.467. The van der Waals surface area contributed by atoms with Gasteiger partial charge in [-0.3, -0.25) is 4.90 Å². The van der Waals surface area contributed by atoms with E-state index in [-0.39, 0.29) is 6.61 Å². The van der Waals surface area contributed by atoms with Gasteiger partial charge in [0, 0.05) is 18.2 Å². The van der Waals surface area contributed by atoms with Crippen LogP contribution < -0.4 is 0 Å². The summed E-state index contributed by atoms with van der Waals surface area (Å²) in [7, 11) is 0. The second-order valence-corrected chi connectivity index (χ2v) is 5.25. The number of aliphatic hydroxyl groups is 1. The van der Waals surface area contributed by atoms with Crippen molar-refractivity contribution in [2.45, 2.75) is 32.4 Å². The fourth-order valence-electron chi connectivity index (χ4n) is 2.38. The van der Waals surface area contributed by atoms with E-state index in [1.54, 1.807) is 0 Å². The number of aryl methyl sites for hydroxylation is 1. The molecule has 0 spiro atoms. The lowest BCUT2D eigenvalue weighted by Gasteiger charge is -2.17. The topological polar surface area (TPSA) is 62.4 Å². The molecule has 1 aromatic heterocycles. The van der Waals surface area contributed by atoms with Crippen molar-refractivity contribution in [3.05, 3.63) is 35.7 Å². The van der Waals surface area contributed by atoms with Crippen LogP contribution >= 0.6 is 0 Å². The summed E-state index contributed by atoms with van der Waals surface area (Å²) in [6.07, 6.45) is 2.39. The standard InChI is InChI=1S/C15H19N3O2/c1-11-4-2-3-5-13(11)15-16-14(20-17-15)10-18(8-9-19)12-6-7-12/h2-5,12,19H,6-10H2,1H3. The van der Waals surface area contributed by atoms with Crippen LogP contribution in [0.3, 0.4) is 0 Å². The van der Waals surface area contributed by atoms with E-state index < -0.39 is 0 Å². The van der Waals surface area contributed by atoms with Gasteiger partial charge in [-0.25, -0.2) is 0 Å². The normalized spacial score (nSPS) is 14.9. The Hall–Kier alpha value is -1.72. The van der Waals surface area contributed by atoms with Crippen molar-refractivity contribution in [3.63, 3.8) is 0 Å². The zero-order valence-electron chi connectivity index (χ0n) is 11.6. The molecule has 1 saturated carbocycles. The smallest absolute Gasteiger partial charge is 0.241 e. The van der Waals surface area contributed by atoms with Crippen molar-refractivity contribution in [2.75, 3.05) is 13.2 Å². The van der Waals surface area contributed by atoms with Crippen molar-refractivity contribution >= 4 is 0 Å². The zero-order chi connectivity index (χ0) is 13.9. The maximum Gasteiger partial charge on any atom is 0.241 e. The van der Waals surface area contributed by atoms with Crippen molar-refractivity contribution in [3.8, 4) is 11.4 Å². The quantitative estimate of drug-likeness (QED) is 0.872. The highest BCUT2D eigenvalue weighted by molar-refractivity contribution is 5.58. The Balaban J connectivity index is 1.75.